The molecule has 0 saturated carbocycles. The zero-order chi connectivity index (χ0) is 9.26. The summed E-state index contributed by atoms with van der Waals surface area (Å²) in [6.45, 7) is 0.0570. The first-order valence-electron chi connectivity index (χ1n) is 3.96. The van der Waals surface area contributed by atoms with Crippen LogP contribution in [0.25, 0.3) is 10.2 Å². The second kappa shape index (κ2) is 3.40. The highest BCUT2D eigenvalue weighted by Crippen LogP contribution is 2.23. The summed E-state index contributed by atoms with van der Waals surface area (Å²) in [7, 11) is 0. The van der Waals surface area contributed by atoms with Gasteiger partial charge in [-0.05, 0) is 12.1 Å². The molecule has 0 unspecified atom stereocenters. The number of aliphatic hydroxyl groups is 1. The minimum absolute atomic E-state index is 0.0570. The van der Waals surface area contributed by atoms with Crippen LogP contribution in [0, 0.1) is 5.82 Å². The van der Waals surface area contributed by atoms with Crippen LogP contribution in [0.4, 0.5) is 4.39 Å². The fourth-order valence-corrected chi connectivity index (χ4v) is 2.13. The van der Waals surface area contributed by atoms with Crippen LogP contribution in [-0.4, -0.2) is 16.7 Å². The number of aromatic nitrogens is 1. The lowest BCUT2D eigenvalue weighted by Crippen LogP contribution is -1.88. The molecule has 2 aromatic rings. The fraction of sp³-hybridized carbons (Fsp3) is 0.222. The summed E-state index contributed by atoms with van der Waals surface area (Å²) in [5.74, 6) is -0.294. The Hall–Kier alpha value is -1.000. The normalized spacial score (nSPS) is 10.9. The standard InChI is InChI=1S/C9H8FNOS/c10-6-2-1-3-7-9(6)11-8(13-7)4-5-12/h1-3,12H,4-5H2. The van der Waals surface area contributed by atoms with Crippen LogP contribution in [0.2, 0.25) is 0 Å². The third kappa shape index (κ3) is 1.55. The van der Waals surface area contributed by atoms with Crippen molar-refractivity contribution in [2.45, 2.75) is 6.42 Å². The van der Waals surface area contributed by atoms with Crippen LogP contribution in [-0.2, 0) is 6.42 Å². The van der Waals surface area contributed by atoms with Crippen molar-refractivity contribution in [2.75, 3.05) is 6.61 Å². The zero-order valence-corrected chi connectivity index (χ0v) is 7.64. The molecule has 0 saturated heterocycles. The van der Waals surface area contributed by atoms with Gasteiger partial charge in [0.15, 0.2) is 0 Å². The summed E-state index contributed by atoms with van der Waals surface area (Å²) in [5, 5.41) is 9.47. The van der Waals surface area contributed by atoms with E-state index in [0.717, 1.165) is 9.71 Å². The molecular formula is C9H8FNOS. The maximum Gasteiger partial charge on any atom is 0.150 e. The van der Waals surface area contributed by atoms with E-state index in [1.54, 1.807) is 6.07 Å². The molecule has 0 fully saturated rings. The first-order valence-corrected chi connectivity index (χ1v) is 4.77. The third-order valence-corrected chi connectivity index (χ3v) is 2.82. The van der Waals surface area contributed by atoms with Crippen molar-refractivity contribution in [3.05, 3.63) is 29.0 Å². The Balaban J connectivity index is 2.55. The van der Waals surface area contributed by atoms with Crippen molar-refractivity contribution in [3.8, 4) is 0 Å². The van der Waals surface area contributed by atoms with Gasteiger partial charge in [-0.1, -0.05) is 6.07 Å². The average Bonchev–Trinajstić information content (AvgIpc) is 2.49. The molecule has 0 radical (unpaired) electrons. The van der Waals surface area contributed by atoms with Gasteiger partial charge in [-0.15, -0.1) is 11.3 Å². The smallest absolute Gasteiger partial charge is 0.150 e. The number of rotatable bonds is 2. The molecule has 0 spiro atoms. The molecule has 0 aliphatic carbocycles. The average molecular weight is 197 g/mol. The number of halogens is 1. The van der Waals surface area contributed by atoms with Gasteiger partial charge in [-0.25, -0.2) is 9.37 Å². The van der Waals surface area contributed by atoms with Gasteiger partial charge >= 0.3 is 0 Å². The van der Waals surface area contributed by atoms with Gasteiger partial charge < -0.3 is 5.11 Å². The maximum atomic E-state index is 13.1. The first kappa shape index (κ1) is 8.59. The molecule has 0 bridgehead atoms. The summed E-state index contributed by atoms with van der Waals surface area (Å²) in [6.07, 6.45) is 0.499. The number of fused-ring (bicyclic) bond motifs is 1. The van der Waals surface area contributed by atoms with E-state index < -0.39 is 0 Å². The minimum atomic E-state index is -0.294. The third-order valence-electron chi connectivity index (χ3n) is 1.74. The van der Waals surface area contributed by atoms with E-state index in [2.05, 4.69) is 4.98 Å². The predicted molar refractivity (Wildman–Crippen MR) is 50.4 cm³/mol. The SMILES string of the molecule is OCCc1nc2c(F)cccc2s1. The van der Waals surface area contributed by atoms with Crippen LogP contribution < -0.4 is 0 Å². The molecule has 68 valence electrons. The fourth-order valence-electron chi connectivity index (χ4n) is 1.16. The number of hydrogen-bond donors (Lipinski definition) is 1. The van der Waals surface area contributed by atoms with Gasteiger partial charge in [-0.2, -0.15) is 0 Å². The van der Waals surface area contributed by atoms with E-state index in [1.165, 1.54) is 17.4 Å². The number of thiazole rings is 1. The Morgan fingerprint density at radius 2 is 2.31 bits per heavy atom. The largest absolute Gasteiger partial charge is 0.396 e. The Morgan fingerprint density at radius 3 is 3.00 bits per heavy atom. The Bertz CT molecular complexity index is 426. The van der Waals surface area contributed by atoms with Gasteiger partial charge in [0, 0.05) is 13.0 Å². The molecule has 0 aliphatic rings. The molecule has 2 nitrogen and oxygen atoms in total. The lowest BCUT2D eigenvalue weighted by molar-refractivity contribution is 0.299. The number of benzene rings is 1. The summed E-state index contributed by atoms with van der Waals surface area (Å²) in [6, 6.07) is 4.89. The number of hydrogen-bond acceptors (Lipinski definition) is 3. The monoisotopic (exact) mass is 197 g/mol. The Kier molecular flexibility index (Phi) is 2.24. The van der Waals surface area contributed by atoms with Crippen molar-refractivity contribution in [3.63, 3.8) is 0 Å². The topological polar surface area (TPSA) is 33.1 Å². The van der Waals surface area contributed by atoms with Crippen LogP contribution in [0.15, 0.2) is 18.2 Å². The Morgan fingerprint density at radius 1 is 1.46 bits per heavy atom. The zero-order valence-electron chi connectivity index (χ0n) is 6.83. The first-order chi connectivity index (χ1) is 6.31. The van der Waals surface area contributed by atoms with Crippen LogP contribution in [0.3, 0.4) is 0 Å². The molecule has 1 heterocycles. The molecule has 1 aromatic heterocycles. The maximum absolute atomic E-state index is 13.1. The highest BCUT2D eigenvalue weighted by molar-refractivity contribution is 7.18. The number of aliphatic hydroxyl groups excluding tert-OH is 1. The highest BCUT2D eigenvalue weighted by atomic mass is 32.1. The van der Waals surface area contributed by atoms with Crippen molar-refractivity contribution in [2.24, 2.45) is 0 Å². The molecule has 1 aromatic carbocycles. The van der Waals surface area contributed by atoms with Crippen LogP contribution in [0.1, 0.15) is 5.01 Å². The van der Waals surface area contributed by atoms with Crippen molar-refractivity contribution >= 4 is 21.6 Å². The van der Waals surface area contributed by atoms with E-state index in [0.29, 0.717) is 11.9 Å². The van der Waals surface area contributed by atoms with E-state index in [1.807, 2.05) is 6.07 Å². The number of para-hydroxylation sites is 1. The summed E-state index contributed by atoms with van der Waals surface area (Å²) < 4.78 is 14.0. The van der Waals surface area contributed by atoms with Gasteiger partial charge in [0.05, 0.1) is 9.71 Å². The molecule has 0 amide bonds. The summed E-state index contributed by atoms with van der Waals surface area (Å²) >= 11 is 1.42. The molecule has 13 heavy (non-hydrogen) atoms. The lowest BCUT2D eigenvalue weighted by Gasteiger charge is -1.87. The second-order valence-corrected chi connectivity index (χ2v) is 3.78. The predicted octanol–water partition coefficient (Wildman–Crippen LogP) is 1.97. The van der Waals surface area contributed by atoms with Crippen LogP contribution in [0.5, 0.6) is 0 Å². The van der Waals surface area contributed by atoms with E-state index >= 15 is 0 Å². The van der Waals surface area contributed by atoms with Crippen LogP contribution >= 0.6 is 11.3 Å². The molecule has 1 N–H and O–H groups in total. The van der Waals surface area contributed by atoms with Gasteiger partial charge in [-0.3, -0.25) is 0 Å². The van der Waals surface area contributed by atoms with Gasteiger partial charge in [0.2, 0.25) is 0 Å². The highest BCUT2D eigenvalue weighted by Gasteiger charge is 2.06. The molecule has 0 atom stereocenters. The quantitative estimate of drug-likeness (QED) is 0.798. The molecule has 2 rings (SSSR count). The second-order valence-electron chi connectivity index (χ2n) is 2.67. The van der Waals surface area contributed by atoms with Gasteiger partial charge in [0.1, 0.15) is 11.3 Å². The van der Waals surface area contributed by atoms with Crippen molar-refractivity contribution < 1.29 is 9.50 Å². The van der Waals surface area contributed by atoms with Gasteiger partial charge in [0.25, 0.3) is 0 Å². The Labute approximate surface area is 78.7 Å². The van der Waals surface area contributed by atoms with E-state index in [-0.39, 0.29) is 12.4 Å². The number of nitrogens with zero attached hydrogens (tertiary/aromatic N) is 1. The minimum Gasteiger partial charge on any atom is -0.396 e. The molecular weight excluding hydrogens is 189 g/mol. The van der Waals surface area contributed by atoms with Crippen molar-refractivity contribution in [1.29, 1.82) is 0 Å². The summed E-state index contributed by atoms with van der Waals surface area (Å²) in [4.78, 5) is 4.09. The van der Waals surface area contributed by atoms with Crippen molar-refractivity contribution in [1.82, 2.24) is 4.98 Å². The lowest BCUT2D eigenvalue weighted by atomic mass is 10.3. The summed E-state index contributed by atoms with van der Waals surface area (Å²) in [5.41, 5.74) is 0.413. The molecule has 0 aliphatic heterocycles. The van der Waals surface area contributed by atoms with E-state index in [9.17, 15) is 4.39 Å². The van der Waals surface area contributed by atoms with E-state index in [4.69, 9.17) is 5.11 Å². The molecule has 4 heteroatoms.